The molecule has 3 heteroatoms. The van der Waals surface area contributed by atoms with E-state index in [0.29, 0.717) is 18.5 Å². The van der Waals surface area contributed by atoms with Crippen LogP contribution in [0.5, 0.6) is 0 Å². The average Bonchev–Trinajstić information content (AvgIpc) is 2.38. The zero-order chi connectivity index (χ0) is 13.4. The smallest absolute Gasteiger partial charge is 0.331 e. The number of nitrogens with zero attached hydrogens (tertiary/aromatic N) is 1. The summed E-state index contributed by atoms with van der Waals surface area (Å²) in [6.07, 6.45) is 3.36. The molecule has 1 aromatic carbocycles. The molecule has 18 heavy (non-hydrogen) atoms. The van der Waals surface area contributed by atoms with Crippen LogP contribution in [-0.4, -0.2) is 36.1 Å². The van der Waals surface area contributed by atoms with Crippen molar-refractivity contribution in [3.8, 4) is 0 Å². The number of hydrogen-bond acceptors (Lipinski definition) is 2. The summed E-state index contributed by atoms with van der Waals surface area (Å²) >= 11 is 0. The molecule has 0 saturated heterocycles. The largest absolute Gasteiger partial charge is 0.478 e. The molecule has 98 valence electrons. The first-order valence-electron chi connectivity index (χ1n) is 6.28. The van der Waals surface area contributed by atoms with Crippen LogP contribution in [0.2, 0.25) is 0 Å². The lowest BCUT2D eigenvalue weighted by atomic mass is 10.1. The minimum Gasteiger partial charge on any atom is -0.478 e. The van der Waals surface area contributed by atoms with Crippen molar-refractivity contribution in [1.82, 2.24) is 4.90 Å². The van der Waals surface area contributed by atoms with E-state index in [1.54, 1.807) is 6.08 Å². The molecule has 0 aliphatic heterocycles. The van der Waals surface area contributed by atoms with Crippen LogP contribution in [0.3, 0.4) is 0 Å². The molecule has 0 atom stereocenters. The molecule has 1 aromatic rings. The van der Waals surface area contributed by atoms with Crippen LogP contribution in [-0.2, 0) is 11.2 Å². The second kappa shape index (κ2) is 7.67. The Morgan fingerprint density at radius 2 is 2.00 bits per heavy atom. The van der Waals surface area contributed by atoms with Crippen LogP contribution < -0.4 is 0 Å². The maximum atomic E-state index is 10.8. The van der Waals surface area contributed by atoms with Gasteiger partial charge in [0.25, 0.3) is 0 Å². The highest BCUT2D eigenvalue weighted by Gasteiger charge is 2.04. The standard InChI is InChI=1S/C15H21NO2/c1-3-14(15(17)18)10-12-16(2)11-9-13-7-5-4-6-8-13/h4-8,10H,3,9,11-12H2,1-2H3,(H,17,18). The van der Waals surface area contributed by atoms with Crippen molar-refractivity contribution in [1.29, 1.82) is 0 Å². The first-order valence-corrected chi connectivity index (χ1v) is 6.28. The van der Waals surface area contributed by atoms with Gasteiger partial charge in [-0.1, -0.05) is 43.3 Å². The van der Waals surface area contributed by atoms with Crippen molar-refractivity contribution in [2.45, 2.75) is 19.8 Å². The normalized spacial score (nSPS) is 11.8. The van der Waals surface area contributed by atoms with Gasteiger partial charge in [-0.2, -0.15) is 0 Å². The summed E-state index contributed by atoms with van der Waals surface area (Å²) in [6, 6.07) is 10.3. The Morgan fingerprint density at radius 3 is 2.56 bits per heavy atom. The Hall–Kier alpha value is -1.61. The molecule has 3 nitrogen and oxygen atoms in total. The monoisotopic (exact) mass is 247 g/mol. The molecular formula is C15H21NO2. The molecular weight excluding hydrogens is 226 g/mol. The van der Waals surface area contributed by atoms with E-state index < -0.39 is 5.97 Å². The molecule has 0 aromatic heterocycles. The molecule has 0 heterocycles. The molecule has 0 amide bonds. The van der Waals surface area contributed by atoms with Crippen molar-refractivity contribution in [3.05, 3.63) is 47.5 Å². The summed E-state index contributed by atoms with van der Waals surface area (Å²) in [7, 11) is 2.01. The Labute approximate surface area is 109 Å². The Bertz CT molecular complexity index is 398. The van der Waals surface area contributed by atoms with Gasteiger partial charge >= 0.3 is 5.97 Å². The van der Waals surface area contributed by atoms with Crippen LogP contribution >= 0.6 is 0 Å². The predicted molar refractivity (Wildman–Crippen MR) is 73.7 cm³/mol. The number of benzene rings is 1. The summed E-state index contributed by atoms with van der Waals surface area (Å²) in [6.45, 7) is 3.48. The third-order valence-electron chi connectivity index (χ3n) is 2.93. The van der Waals surface area contributed by atoms with Crippen molar-refractivity contribution in [3.63, 3.8) is 0 Å². The molecule has 0 aliphatic rings. The minimum absolute atomic E-state index is 0.488. The zero-order valence-electron chi connectivity index (χ0n) is 11.1. The van der Waals surface area contributed by atoms with Gasteiger partial charge in [0.2, 0.25) is 0 Å². The molecule has 0 saturated carbocycles. The predicted octanol–water partition coefficient (Wildman–Crippen LogP) is 2.58. The minimum atomic E-state index is -0.811. The molecule has 1 rings (SSSR count). The average molecular weight is 247 g/mol. The van der Waals surface area contributed by atoms with Crippen LogP contribution in [0, 0.1) is 0 Å². The third-order valence-corrected chi connectivity index (χ3v) is 2.93. The number of carboxylic acid groups (broad SMARTS) is 1. The maximum absolute atomic E-state index is 10.8. The van der Waals surface area contributed by atoms with Gasteiger partial charge in [0.05, 0.1) is 0 Å². The van der Waals surface area contributed by atoms with E-state index >= 15 is 0 Å². The van der Waals surface area contributed by atoms with Gasteiger partial charge in [-0.15, -0.1) is 0 Å². The second-order valence-corrected chi connectivity index (χ2v) is 4.39. The van der Waals surface area contributed by atoms with E-state index in [1.807, 2.05) is 32.2 Å². The van der Waals surface area contributed by atoms with Gasteiger partial charge in [-0.25, -0.2) is 4.79 Å². The quantitative estimate of drug-likeness (QED) is 0.753. The van der Waals surface area contributed by atoms with E-state index in [9.17, 15) is 4.79 Å². The summed E-state index contributed by atoms with van der Waals surface area (Å²) in [5.41, 5.74) is 1.80. The number of carbonyl (C=O) groups is 1. The van der Waals surface area contributed by atoms with Gasteiger partial charge in [0, 0.05) is 18.7 Å². The zero-order valence-corrected chi connectivity index (χ0v) is 11.1. The van der Waals surface area contributed by atoms with E-state index in [1.165, 1.54) is 5.56 Å². The topological polar surface area (TPSA) is 40.5 Å². The van der Waals surface area contributed by atoms with Gasteiger partial charge in [0.1, 0.15) is 0 Å². The highest BCUT2D eigenvalue weighted by Crippen LogP contribution is 2.03. The highest BCUT2D eigenvalue weighted by atomic mass is 16.4. The molecule has 1 N–H and O–H groups in total. The third kappa shape index (κ3) is 5.15. The van der Waals surface area contributed by atoms with E-state index in [0.717, 1.165) is 13.0 Å². The van der Waals surface area contributed by atoms with Crippen molar-refractivity contribution in [2.75, 3.05) is 20.1 Å². The number of aliphatic carboxylic acids is 1. The van der Waals surface area contributed by atoms with E-state index in [2.05, 4.69) is 17.0 Å². The van der Waals surface area contributed by atoms with Crippen LogP contribution in [0.4, 0.5) is 0 Å². The number of carboxylic acids is 1. The van der Waals surface area contributed by atoms with E-state index in [4.69, 9.17) is 5.11 Å². The summed E-state index contributed by atoms with van der Waals surface area (Å²) in [5, 5.41) is 8.91. The fraction of sp³-hybridized carbons (Fsp3) is 0.400. The lowest BCUT2D eigenvalue weighted by Crippen LogP contribution is -2.22. The number of rotatable bonds is 7. The lowest BCUT2D eigenvalue weighted by molar-refractivity contribution is -0.132. The molecule has 0 bridgehead atoms. The molecule has 0 spiro atoms. The highest BCUT2D eigenvalue weighted by molar-refractivity contribution is 5.86. The van der Waals surface area contributed by atoms with Crippen molar-refractivity contribution >= 4 is 5.97 Å². The van der Waals surface area contributed by atoms with E-state index in [-0.39, 0.29) is 0 Å². The molecule has 0 fully saturated rings. The summed E-state index contributed by atoms with van der Waals surface area (Å²) < 4.78 is 0. The Kier molecular flexibility index (Phi) is 6.15. The first kappa shape index (κ1) is 14.5. The van der Waals surface area contributed by atoms with Gasteiger partial charge in [-0.3, -0.25) is 0 Å². The van der Waals surface area contributed by atoms with Gasteiger partial charge in [0.15, 0.2) is 0 Å². The molecule has 0 unspecified atom stereocenters. The fourth-order valence-corrected chi connectivity index (χ4v) is 1.70. The number of hydrogen-bond donors (Lipinski definition) is 1. The Morgan fingerprint density at radius 1 is 1.33 bits per heavy atom. The van der Waals surface area contributed by atoms with Crippen LogP contribution in [0.15, 0.2) is 42.0 Å². The first-order chi connectivity index (χ1) is 8.63. The van der Waals surface area contributed by atoms with Gasteiger partial charge < -0.3 is 10.0 Å². The van der Waals surface area contributed by atoms with Gasteiger partial charge in [-0.05, 0) is 25.5 Å². The molecule has 0 radical (unpaired) electrons. The maximum Gasteiger partial charge on any atom is 0.331 e. The summed E-state index contributed by atoms with van der Waals surface area (Å²) in [5.74, 6) is -0.811. The van der Waals surface area contributed by atoms with Crippen molar-refractivity contribution in [2.24, 2.45) is 0 Å². The second-order valence-electron chi connectivity index (χ2n) is 4.39. The summed E-state index contributed by atoms with van der Waals surface area (Å²) in [4.78, 5) is 13.0. The number of likely N-dealkylation sites (N-methyl/N-ethyl adjacent to an activating group) is 1. The Balaban J connectivity index is 2.38. The SMILES string of the molecule is CCC(=CCN(C)CCc1ccccc1)C(=O)O. The van der Waals surface area contributed by atoms with Crippen molar-refractivity contribution < 1.29 is 9.90 Å². The lowest BCUT2D eigenvalue weighted by Gasteiger charge is -2.14. The fourth-order valence-electron chi connectivity index (χ4n) is 1.70. The molecule has 0 aliphatic carbocycles. The van der Waals surface area contributed by atoms with Crippen LogP contribution in [0.25, 0.3) is 0 Å². The van der Waals surface area contributed by atoms with Crippen LogP contribution in [0.1, 0.15) is 18.9 Å².